The summed E-state index contributed by atoms with van der Waals surface area (Å²) in [6, 6.07) is 12.0. The molecule has 0 bridgehead atoms. The molecule has 146 valence electrons. The van der Waals surface area contributed by atoms with E-state index in [1.807, 2.05) is 0 Å². The van der Waals surface area contributed by atoms with E-state index in [0.717, 1.165) is 0 Å². The van der Waals surface area contributed by atoms with Crippen LogP contribution in [-0.4, -0.2) is 7.11 Å². The second kappa shape index (κ2) is 8.33. The summed E-state index contributed by atoms with van der Waals surface area (Å²) in [6.07, 6.45) is 0.397. The standard InChI is InChI=1S/C22H18F4O2/c1-3-13-4-5-15(20(24)19(13)23)12-28-16-8-6-14(7-9-16)17-10-11-18(27-2)22(26)21(17)25/h4-11H,3,12H2,1-2H3. The lowest BCUT2D eigenvalue weighted by molar-refractivity contribution is 0.297. The van der Waals surface area contributed by atoms with Crippen LogP contribution in [0.15, 0.2) is 48.5 Å². The molecule has 0 aliphatic rings. The molecule has 0 spiro atoms. The van der Waals surface area contributed by atoms with Crippen molar-refractivity contribution >= 4 is 0 Å². The van der Waals surface area contributed by atoms with Crippen molar-refractivity contribution in [3.05, 3.63) is 82.9 Å². The molecule has 0 unspecified atom stereocenters. The summed E-state index contributed by atoms with van der Waals surface area (Å²) in [7, 11) is 1.26. The van der Waals surface area contributed by atoms with Crippen LogP contribution in [0, 0.1) is 23.3 Å². The lowest BCUT2D eigenvalue weighted by atomic mass is 10.0. The highest BCUT2D eigenvalue weighted by Gasteiger charge is 2.16. The normalized spacial score (nSPS) is 10.8. The molecule has 0 atom stereocenters. The molecule has 0 saturated carbocycles. The van der Waals surface area contributed by atoms with Crippen molar-refractivity contribution in [2.24, 2.45) is 0 Å². The van der Waals surface area contributed by atoms with Crippen LogP contribution in [0.5, 0.6) is 11.5 Å². The minimum atomic E-state index is -1.06. The predicted molar refractivity (Wildman–Crippen MR) is 98.4 cm³/mol. The monoisotopic (exact) mass is 390 g/mol. The summed E-state index contributed by atoms with van der Waals surface area (Å²) in [5.41, 5.74) is 0.922. The second-order valence-corrected chi connectivity index (χ2v) is 6.12. The zero-order chi connectivity index (χ0) is 20.3. The Labute approximate surface area is 160 Å². The van der Waals surface area contributed by atoms with Gasteiger partial charge in [0.15, 0.2) is 23.2 Å². The first-order valence-electron chi connectivity index (χ1n) is 8.67. The van der Waals surface area contributed by atoms with Crippen LogP contribution < -0.4 is 9.47 Å². The molecule has 2 nitrogen and oxygen atoms in total. The van der Waals surface area contributed by atoms with Crippen molar-refractivity contribution in [2.45, 2.75) is 20.0 Å². The summed E-state index contributed by atoms with van der Waals surface area (Å²) in [6.45, 7) is 1.59. The number of rotatable bonds is 6. The van der Waals surface area contributed by atoms with Crippen molar-refractivity contribution in [3.63, 3.8) is 0 Å². The van der Waals surface area contributed by atoms with Crippen molar-refractivity contribution in [2.75, 3.05) is 7.11 Å². The van der Waals surface area contributed by atoms with Crippen LogP contribution in [0.25, 0.3) is 11.1 Å². The van der Waals surface area contributed by atoms with Gasteiger partial charge in [-0.15, -0.1) is 0 Å². The van der Waals surface area contributed by atoms with Gasteiger partial charge in [-0.3, -0.25) is 0 Å². The Morgan fingerprint density at radius 3 is 2.00 bits per heavy atom. The topological polar surface area (TPSA) is 18.5 Å². The van der Waals surface area contributed by atoms with Crippen molar-refractivity contribution < 1.29 is 27.0 Å². The molecule has 0 heterocycles. The van der Waals surface area contributed by atoms with Gasteiger partial charge in [-0.25, -0.2) is 13.2 Å². The molecular formula is C22H18F4O2. The minimum absolute atomic E-state index is 0.0770. The molecule has 3 aromatic carbocycles. The minimum Gasteiger partial charge on any atom is -0.494 e. The highest BCUT2D eigenvalue weighted by atomic mass is 19.2. The van der Waals surface area contributed by atoms with E-state index in [0.29, 0.717) is 23.3 Å². The number of ether oxygens (including phenoxy) is 2. The van der Waals surface area contributed by atoms with Crippen molar-refractivity contribution in [1.82, 2.24) is 0 Å². The third-order valence-corrected chi connectivity index (χ3v) is 4.45. The van der Waals surface area contributed by atoms with Crippen LogP contribution in [0.4, 0.5) is 17.6 Å². The van der Waals surface area contributed by atoms with E-state index in [1.54, 1.807) is 31.2 Å². The quantitative estimate of drug-likeness (QED) is 0.476. The SMILES string of the molecule is CCc1ccc(COc2ccc(-c3ccc(OC)c(F)c3F)cc2)c(F)c1F. The molecule has 0 aromatic heterocycles. The number of methoxy groups -OCH3 is 1. The maximum absolute atomic E-state index is 14.2. The molecular weight excluding hydrogens is 372 g/mol. The molecule has 0 N–H and O–H groups in total. The molecule has 0 aliphatic heterocycles. The number of aryl methyl sites for hydroxylation is 1. The molecule has 3 aromatic rings. The maximum Gasteiger partial charge on any atom is 0.201 e. The third kappa shape index (κ3) is 3.81. The lowest BCUT2D eigenvalue weighted by Crippen LogP contribution is -2.03. The van der Waals surface area contributed by atoms with E-state index in [2.05, 4.69) is 0 Å². The molecule has 0 saturated heterocycles. The summed E-state index contributed by atoms with van der Waals surface area (Å²) < 4.78 is 66.2. The number of hydrogen-bond donors (Lipinski definition) is 0. The molecule has 6 heteroatoms. The lowest BCUT2D eigenvalue weighted by Gasteiger charge is -2.11. The van der Waals surface area contributed by atoms with Gasteiger partial charge >= 0.3 is 0 Å². The van der Waals surface area contributed by atoms with Gasteiger partial charge in [-0.1, -0.05) is 31.2 Å². The van der Waals surface area contributed by atoms with Crippen LogP contribution in [0.3, 0.4) is 0 Å². The summed E-state index contributed by atoms with van der Waals surface area (Å²) in [5, 5.41) is 0. The Hall–Kier alpha value is -3.02. The van der Waals surface area contributed by atoms with E-state index in [1.165, 1.54) is 31.4 Å². The molecule has 0 fully saturated rings. The third-order valence-electron chi connectivity index (χ3n) is 4.45. The van der Waals surface area contributed by atoms with E-state index < -0.39 is 23.3 Å². The Morgan fingerprint density at radius 1 is 0.714 bits per heavy atom. The van der Waals surface area contributed by atoms with E-state index in [9.17, 15) is 17.6 Å². The summed E-state index contributed by atoms with van der Waals surface area (Å²) in [4.78, 5) is 0. The molecule has 28 heavy (non-hydrogen) atoms. The number of benzene rings is 3. The largest absolute Gasteiger partial charge is 0.494 e. The highest BCUT2D eigenvalue weighted by Crippen LogP contribution is 2.31. The van der Waals surface area contributed by atoms with Crippen LogP contribution in [-0.2, 0) is 13.0 Å². The summed E-state index contributed by atoms with van der Waals surface area (Å²) in [5.74, 6) is -3.65. The molecule has 3 rings (SSSR count). The summed E-state index contributed by atoms with van der Waals surface area (Å²) >= 11 is 0. The number of halogens is 4. The van der Waals surface area contributed by atoms with E-state index in [-0.39, 0.29) is 23.5 Å². The van der Waals surface area contributed by atoms with Crippen molar-refractivity contribution in [3.8, 4) is 22.6 Å². The zero-order valence-corrected chi connectivity index (χ0v) is 15.4. The first kappa shape index (κ1) is 19.7. The van der Waals surface area contributed by atoms with Gasteiger partial charge in [0.2, 0.25) is 5.82 Å². The van der Waals surface area contributed by atoms with Crippen LogP contribution in [0.1, 0.15) is 18.1 Å². The smallest absolute Gasteiger partial charge is 0.201 e. The van der Waals surface area contributed by atoms with E-state index >= 15 is 0 Å². The van der Waals surface area contributed by atoms with Gasteiger partial charge in [-0.2, -0.15) is 4.39 Å². The Morgan fingerprint density at radius 2 is 1.36 bits per heavy atom. The number of hydrogen-bond acceptors (Lipinski definition) is 2. The van der Waals surface area contributed by atoms with Gasteiger partial charge in [0.25, 0.3) is 0 Å². The average Bonchev–Trinajstić information content (AvgIpc) is 2.72. The predicted octanol–water partition coefficient (Wildman–Crippen LogP) is 6.06. The molecule has 0 aliphatic carbocycles. The fraction of sp³-hybridized carbons (Fsp3) is 0.182. The Kier molecular flexibility index (Phi) is 5.87. The molecule has 0 radical (unpaired) electrons. The van der Waals surface area contributed by atoms with Crippen LogP contribution >= 0.6 is 0 Å². The maximum atomic E-state index is 14.2. The molecule has 0 amide bonds. The fourth-order valence-electron chi connectivity index (χ4n) is 2.82. The van der Waals surface area contributed by atoms with E-state index in [4.69, 9.17) is 9.47 Å². The van der Waals surface area contributed by atoms with Gasteiger partial charge < -0.3 is 9.47 Å². The second-order valence-electron chi connectivity index (χ2n) is 6.12. The Bertz CT molecular complexity index is 985. The zero-order valence-electron chi connectivity index (χ0n) is 15.4. The van der Waals surface area contributed by atoms with Gasteiger partial charge in [0, 0.05) is 11.1 Å². The Balaban J connectivity index is 1.76. The van der Waals surface area contributed by atoms with Gasteiger partial charge in [0.1, 0.15) is 12.4 Å². The van der Waals surface area contributed by atoms with Crippen molar-refractivity contribution in [1.29, 1.82) is 0 Å². The van der Waals surface area contributed by atoms with Gasteiger partial charge in [-0.05, 0) is 41.8 Å². The first-order chi connectivity index (χ1) is 13.5. The highest BCUT2D eigenvalue weighted by molar-refractivity contribution is 5.66. The van der Waals surface area contributed by atoms with Crippen LogP contribution in [0.2, 0.25) is 0 Å². The fourth-order valence-corrected chi connectivity index (χ4v) is 2.82. The van der Waals surface area contributed by atoms with Gasteiger partial charge in [0.05, 0.1) is 7.11 Å². The average molecular weight is 390 g/mol. The first-order valence-corrected chi connectivity index (χ1v) is 8.67.